The zero-order chi connectivity index (χ0) is 16.0. The largest absolute Gasteiger partial charge is 0.475 e. The van der Waals surface area contributed by atoms with E-state index in [0.717, 1.165) is 12.8 Å². The predicted octanol–water partition coefficient (Wildman–Crippen LogP) is 1.49. The maximum absolute atomic E-state index is 12.1. The van der Waals surface area contributed by atoms with E-state index in [9.17, 15) is 8.42 Å². The monoisotopic (exact) mass is 328 g/mol. The van der Waals surface area contributed by atoms with Crippen molar-refractivity contribution in [3.8, 4) is 5.88 Å². The second kappa shape index (κ2) is 7.73. The van der Waals surface area contributed by atoms with Gasteiger partial charge in [-0.25, -0.2) is 22.7 Å². The van der Waals surface area contributed by atoms with E-state index < -0.39 is 10.0 Å². The molecule has 0 bridgehead atoms. The van der Waals surface area contributed by atoms with Gasteiger partial charge in [0, 0.05) is 31.5 Å². The Labute approximate surface area is 132 Å². The quantitative estimate of drug-likeness (QED) is 0.816. The summed E-state index contributed by atoms with van der Waals surface area (Å²) >= 11 is 0. The zero-order valence-electron chi connectivity index (χ0n) is 13.2. The van der Waals surface area contributed by atoms with Crippen molar-refractivity contribution in [2.45, 2.75) is 39.2 Å². The normalized spacial score (nSPS) is 17.4. The first-order valence-corrected chi connectivity index (χ1v) is 9.36. The maximum Gasteiger partial charge on any atom is 0.257 e. The molecule has 0 aromatic carbocycles. The van der Waals surface area contributed by atoms with Crippen LogP contribution in [0.3, 0.4) is 0 Å². The van der Waals surface area contributed by atoms with Crippen LogP contribution in [0, 0.1) is 0 Å². The number of nitrogens with zero attached hydrogens (tertiary/aromatic N) is 3. The van der Waals surface area contributed by atoms with E-state index in [0.29, 0.717) is 37.8 Å². The summed E-state index contributed by atoms with van der Waals surface area (Å²) in [6.07, 6.45) is 5.37. The Morgan fingerprint density at radius 3 is 2.59 bits per heavy atom. The van der Waals surface area contributed by atoms with Gasteiger partial charge in [-0.1, -0.05) is 6.92 Å². The van der Waals surface area contributed by atoms with Crippen LogP contribution in [0.2, 0.25) is 0 Å². The minimum Gasteiger partial charge on any atom is -0.475 e. The number of hydrogen-bond donors (Lipinski definition) is 1. The van der Waals surface area contributed by atoms with Crippen molar-refractivity contribution in [1.29, 1.82) is 0 Å². The molecule has 0 radical (unpaired) electrons. The minimum absolute atomic E-state index is 0.184. The topological polar surface area (TPSA) is 84.4 Å². The molecule has 1 fully saturated rings. The Balaban J connectivity index is 1.93. The third-order valence-electron chi connectivity index (χ3n) is 3.60. The molecule has 2 heterocycles. The van der Waals surface area contributed by atoms with Crippen molar-refractivity contribution in [2.24, 2.45) is 0 Å². The highest BCUT2D eigenvalue weighted by atomic mass is 32.2. The van der Waals surface area contributed by atoms with Crippen molar-refractivity contribution in [3.63, 3.8) is 0 Å². The first-order valence-electron chi connectivity index (χ1n) is 7.75. The molecule has 1 aromatic rings. The van der Waals surface area contributed by atoms with Crippen molar-refractivity contribution < 1.29 is 13.2 Å². The lowest BCUT2D eigenvalue weighted by atomic mass is 10.1. The Morgan fingerprint density at radius 2 is 1.95 bits per heavy atom. The van der Waals surface area contributed by atoms with Crippen molar-refractivity contribution in [3.05, 3.63) is 12.4 Å². The highest BCUT2D eigenvalue weighted by molar-refractivity contribution is 7.89. The van der Waals surface area contributed by atoms with Crippen LogP contribution in [0.4, 0.5) is 5.82 Å². The molecule has 0 atom stereocenters. The third kappa shape index (κ3) is 4.30. The number of anilines is 1. The molecule has 124 valence electrons. The number of aromatic nitrogens is 2. The van der Waals surface area contributed by atoms with Gasteiger partial charge in [-0.3, -0.25) is 0 Å². The van der Waals surface area contributed by atoms with Crippen LogP contribution in [-0.2, 0) is 10.0 Å². The highest BCUT2D eigenvalue weighted by Gasteiger charge is 2.27. The molecular weight excluding hydrogens is 304 g/mol. The average molecular weight is 328 g/mol. The molecule has 1 aliphatic heterocycles. The number of nitrogens with one attached hydrogen (secondary N) is 1. The van der Waals surface area contributed by atoms with E-state index in [2.05, 4.69) is 15.3 Å². The van der Waals surface area contributed by atoms with Crippen LogP contribution in [0.25, 0.3) is 0 Å². The summed E-state index contributed by atoms with van der Waals surface area (Å²) in [6.45, 7) is 5.40. The second-order valence-corrected chi connectivity index (χ2v) is 7.37. The predicted molar refractivity (Wildman–Crippen MR) is 85.5 cm³/mol. The van der Waals surface area contributed by atoms with Gasteiger partial charge in [0.25, 0.3) is 5.88 Å². The summed E-state index contributed by atoms with van der Waals surface area (Å²) in [5.74, 6) is 1.34. The highest BCUT2D eigenvalue weighted by Crippen LogP contribution is 2.22. The van der Waals surface area contributed by atoms with Gasteiger partial charge >= 0.3 is 0 Å². The van der Waals surface area contributed by atoms with Gasteiger partial charge in [0.2, 0.25) is 10.0 Å². The van der Waals surface area contributed by atoms with Crippen LogP contribution in [0.15, 0.2) is 12.4 Å². The molecule has 8 heteroatoms. The molecule has 7 nitrogen and oxygen atoms in total. The number of piperidine rings is 1. The van der Waals surface area contributed by atoms with Crippen LogP contribution < -0.4 is 10.1 Å². The van der Waals surface area contributed by atoms with Gasteiger partial charge in [0.1, 0.15) is 0 Å². The maximum atomic E-state index is 12.1. The molecule has 2 rings (SSSR count). The van der Waals surface area contributed by atoms with E-state index in [1.165, 1.54) is 0 Å². The van der Waals surface area contributed by atoms with Gasteiger partial charge < -0.3 is 10.1 Å². The SMILES string of the molecule is CCCS(=O)(=O)N1CCC(Nc2nccnc2OCC)CC1. The Hall–Kier alpha value is -1.41. The first-order chi connectivity index (χ1) is 10.6. The molecule has 0 amide bonds. The fraction of sp³-hybridized carbons (Fsp3) is 0.714. The number of sulfonamides is 1. The van der Waals surface area contributed by atoms with Crippen molar-refractivity contribution >= 4 is 15.8 Å². The fourth-order valence-electron chi connectivity index (χ4n) is 2.53. The zero-order valence-corrected chi connectivity index (χ0v) is 14.0. The van der Waals surface area contributed by atoms with E-state index in [1.54, 1.807) is 16.7 Å². The van der Waals surface area contributed by atoms with Gasteiger partial charge in [0.15, 0.2) is 5.82 Å². The molecular formula is C14H24N4O3S. The molecule has 1 N–H and O–H groups in total. The van der Waals surface area contributed by atoms with Gasteiger partial charge in [0.05, 0.1) is 12.4 Å². The average Bonchev–Trinajstić information content (AvgIpc) is 2.50. The Bertz CT molecular complexity index is 571. The van der Waals surface area contributed by atoms with Crippen molar-refractivity contribution in [2.75, 3.05) is 30.8 Å². The van der Waals surface area contributed by atoms with Gasteiger partial charge in [-0.05, 0) is 26.2 Å². The number of hydrogen-bond acceptors (Lipinski definition) is 6. The fourth-order valence-corrected chi connectivity index (χ4v) is 4.07. The molecule has 0 spiro atoms. The summed E-state index contributed by atoms with van der Waals surface area (Å²) in [5.41, 5.74) is 0. The molecule has 0 saturated carbocycles. The van der Waals surface area contributed by atoms with Crippen LogP contribution in [0.5, 0.6) is 5.88 Å². The third-order valence-corrected chi connectivity index (χ3v) is 5.67. The Kier molecular flexibility index (Phi) is 5.96. The van der Waals surface area contributed by atoms with E-state index >= 15 is 0 Å². The van der Waals surface area contributed by atoms with Crippen LogP contribution in [-0.4, -0.2) is 54.2 Å². The number of rotatable bonds is 7. The first kappa shape index (κ1) is 17.0. The molecule has 1 aliphatic rings. The van der Waals surface area contributed by atoms with E-state index in [-0.39, 0.29) is 11.8 Å². The van der Waals surface area contributed by atoms with Gasteiger partial charge in [-0.15, -0.1) is 0 Å². The van der Waals surface area contributed by atoms with Crippen LogP contribution in [0.1, 0.15) is 33.1 Å². The summed E-state index contributed by atoms with van der Waals surface area (Å²) in [6, 6.07) is 0.184. The molecule has 1 saturated heterocycles. The minimum atomic E-state index is -3.09. The summed E-state index contributed by atoms with van der Waals surface area (Å²) in [7, 11) is -3.09. The number of ether oxygens (including phenoxy) is 1. The van der Waals surface area contributed by atoms with Crippen molar-refractivity contribution in [1.82, 2.24) is 14.3 Å². The van der Waals surface area contributed by atoms with Crippen LogP contribution >= 0.6 is 0 Å². The van der Waals surface area contributed by atoms with E-state index in [4.69, 9.17) is 4.74 Å². The summed E-state index contributed by atoms with van der Waals surface area (Å²) in [4.78, 5) is 8.42. The van der Waals surface area contributed by atoms with Gasteiger partial charge in [-0.2, -0.15) is 0 Å². The standard InChI is InChI=1S/C14H24N4O3S/c1-3-11-22(19,20)18-9-5-12(6-10-18)17-13-14(21-4-2)16-8-7-15-13/h7-8,12H,3-6,9-11H2,1-2H3,(H,15,17). The smallest absolute Gasteiger partial charge is 0.257 e. The molecule has 0 aliphatic carbocycles. The Morgan fingerprint density at radius 1 is 1.27 bits per heavy atom. The molecule has 1 aromatic heterocycles. The summed E-state index contributed by atoms with van der Waals surface area (Å²) < 4.78 is 31.1. The summed E-state index contributed by atoms with van der Waals surface area (Å²) in [5, 5.41) is 3.32. The van der Waals surface area contributed by atoms with E-state index in [1.807, 2.05) is 13.8 Å². The second-order valence-electron chi connectivity index (χ2n) is 5.28. The lowest BCUT2D eigenvalue weighted by Crippen LogP contribution is -2.43. The lowest BCUT2D eigenvalue weighted by molar-refractivity contribution is 0.318. The molecule has 0 unspecified atom stereocenters. The molecule has 22 heavy (non-hydrogen) atoms. The lowest BCUT2D eigenvalue weighted by Gasteiger charge is -2.31.